The molecule has 0 spiro atoms. The van der Waals surface area contributed by atoms with Gasteiger partial charge in [-0.15, -0.1) is 0 Å². The van der Waals surface area contributed by atoms with E-state index < -0.39 is 6.04 Å². The number of amides is 2. The van der Waals surface area contributed by atoms with Gasteiger partial charge in [0.05, 0.1) is 13.2 Å². The molecule has 6 nitrogen and oxygen atoms in total. The lowest BCUT2D eigenvalue weighted by Gasteiger charge is -2.30. The van der Waals surface area contributed by atoms with E-state index in [4.69, 9.17) is 9.47 Å². The number of nitrogens with one attached hydrogen (secondary N) is 1. The highest BCUT2D eigenvalue weighted by molar-refractivity contribution is 5.87. The first kappa shape index (κ1) is 27.2. The van der Waals surface area contributed by atoms with E-state index in [1.54, 1.807) is 11.8 Å². The van der Waals surface area contributed by atoms with E-state index in [1.807, 2.05) is 77.1 Å². The number of hydrogen-bond donors (Lipinski definition) is 1. The zero-order chi connectivity index (χ0) is 25.1. The third-order valence-corrected chi connectivity index (χ3v) is 6.01. The first-order chi connectivity index (χ1) is 16.3. The van der Waals surface area contributed by atoms with Gasteiger partial charge in [-0.2, -0.15) is 0 Å². The Balaban J connectivity index is 2.19. The summed E-state index contributed by atoms with van der Waals surface area (Å²) in [7, 11) is 0. The molecule has 0 saturated heterocycles. The summed E-state index contributed by atoms with van der Waals surface area (Å²) in [5, 5.41) is 3.02. The molecule has 0 aliphatic heterocycles. The van der Waals surface area contributed by atoms with Crippen molar-refractivity contribution >= 4 is 11.8 Å². The molecule has 2 atom stereocenters. The molecule has 1 N–H and O–H groups in total. The zero-order valence-electron chi connectivity index (χ0n) is 21.5. The fourth-order valence-corrected chi connectivity index (χ4v) is 3.67. The lowest BCUT2D eigenvalue weighted by atomic mass is 10.0. The average molecular weight is 469 g/mol. The molecule has 186 valence electrons. The maximum absolute atomic E-state index is 13.4. The quantitative estimate of drug-likeness (QED) is 0.446. The molecule has 0 aromatic heterocycles. The first-order valence-corrected chi connectivity index (χ1v) is 12.3. The van der Waals surface area contributed by atoms with E-state index in [-0.39, 0.29) is 17.9 Å². The topological polar surface area (TPSA) is 67.9 Å². The zero-order valence-corrected chi connectivity index (χ0v) is 21.5. The molecular weight excluding hydrogens is 428 g/mol. The molecule has 34 heavy (non-hydrogen) atoms. The predicted molar refractivity (Wildman–Crippen MR) is 136 cm³/mol. The summed E-state index contributed by atoms with van der Waals surface area (Å²) in [6.07, 6.45) is 1.69. The fourth-order valence-electron chi connectivity index (χ4n) is 3.67. The summed E-state index contributed by atoms with van der Waals surface area (Å²) in [4.78, 5) is 28.0. The van der Waals surface area contributed by atoms with Crippen molar-refractivity contribution in [1.82, 2.24) is 10.2 Å². The molecular formula is C28H40N2O4. The molecule has 0 saturated carbocycles. The van der Waals surface area contributed by atoms with E-state index in [2.05, 4.69) is 5.32 Å². The lowest BCUT2D eigenvalue weighted by molar-refractivity contribution is -0.140. The van der Waals surface area contributed by atoms with Crippen LogP contribution in [0.4, 0.5) is 0 Å². The average Bonchev–Trinajstić information content (AvgIpc) is 2.83. The third-order valence-electron chi connectivity index (χ3n) is 6.01. The van der Waals surface area contributed by atoms with Crippen molar-refractivity contribution in [2.24, 2.45) is 0 Å². The summed E-state index contributed by atoms with van der Waals surface area (Å²) in [5.74, 6) is 1.21. The van der Waals surface area contributed by atoms with E-state index >= 15 is 0 Å². The molecule has 2 aromatic rings. The Morgan fingerprint density at radius 1 is 0.971 bits per heavy atom. The summed E-state index contributed by atoms with van der Waals surface area (Å²) in [6, 6.07) is 13.3. The van der Waals surface area contributed by atoms with E-state index in [0.717, 1.165) is 23.1 Å². The van der Waals surface area contributed by atoms with Gasteiger partial charge >= 0.3 is 0 Å². The van der Waals surface area contributed by atoms with Crippen LogP contribution in [0.15, 0.2) is 42.5 Å². The van der Waals surface area contributed by atoms with Crippen LogP contribution in [0.2, 0.25) is 0 Å². The highest BCUT2D eigenvalue weighted by Gasteiger charge is 2.27. The molecule has 0 fully saturated rings. The molecule has 0 radical (unpaired) electrons. The van der Waals surface area contributed by atoms with Gasteiger partial charge in [-0.05, 0) is 76.3 Å². The standard InChI is InChI=1S/C28H40N2O4/c1-7-21(5)29-28(32)22(6)30(19-24-13-11-10-12-20(24)4)27(31)17-15-23-14-16-25(33-8-2)26(18-23)34-9-3/h10-14,16,18,21-22H,7-9,15,17,19H2,1-6H3,(H,29,32)/t21-,22+/m0/s1. The summed E-state index contributed by atoms with van der Waals surface area (Å²) in [5.41, 5.74) is 3.13. The molecule has 2 amide bonds. The van der Waals surface area contributed by atoms with E-state index in [0.29, 0.717) is 44.1 Å². The molecule has 2 aromatic carbocycles. The van der Waals surface area contributed by atoms with Crippen molar-refractivity contribution in [3.63, 3.8) is 0 Å². The minimum Gasteiger partial charge on any atom is -0.490 e. The van der Waals surface area contributed by atoms with Crippen LogP contribution in [0.25, 0.3) is 0 Å². The van der Waals surface area contributed by atoms with Crippen LogP contribution in [0.5, 0.6) is 11.5 Å². The Morgan fingerprint density at radius 2 is 1.65 bits per heavy atom. The molecule has 2 rings (SSSR count). The monoisotopic (exact) mass is 468 g/mol. The summed E-state index contributed by atoms with van der Waals surface area (Å²) >= 11 is 0. The Hall–Kier alpha value is -3.02. The molecule has 0 unspecified atom stereocenters. The van der Waals surface area contributed by atoms with Crippen LogP contribution in [0.3, 0.4) is 0 Å². The van der Waals surface area contributed by atoms with Crippen LogP contribution < -0.4 is 14.8 Å². The molecule has 0 aliphatic rings. The predicted octanol–water partition coefficient (Wildman–Crippen LogP) is 5.06. The van der Waals surface area contributed by atoms with Crippen molar-refractivity contribution in [1.29, 1.82) is 0 Å². The SMILES string of the molecule is CCOc1ccc(CCC(=O)N(Cc2ccccc2C)[C@H](C)C(=O)N[C@@H](C)CC)cc1OCC. The number of ether oxygens (including phenoxy) is 2. The Bertz CT molecular complexity index is 944. The number of aryl methyl sites for hydroxylation is 2. The first-order valence-electron chi connectivity index (χ1n) is 12.3. The van der Waals surface area contributed by atoms with Crippen LogP contribution in [0, 0.1) is 6.92 Å². The Morgan fingerprint density at radius 3 is 2.29 bits per heavy atom. The number of rotatable bonds is 13. The number of benzene rings is 2. The second-order valence-corrected chi connectivity index (χ2v) is 8.59. The smallest absolute Gasteiger partial charge is 0.242 e. The third kappa shape index (κ3) is 7.79. The van der Waals surface area contributed by atoms with Gasteiger partial charge in [0.15, 0.2) is 11.5 Å². The van der Waals surface area contributed by atoms with Gasteiger partial charge in [-0.3, -0.25) is 9.59 Å². The highest BCUT2D eigenvalue weighted by atomic mass is 16.5. The van der Waals surface area contributed by atoms with Gasteiger partial charge in [-0.1, -0.05) is 37.3 Å². The van der Waals surface area contributed by atoms with Gasteiger partial charge in [0.2, 0.25) is 11.8 Å². The molecule has 0 heterocycles. The van der Waals surface area contributed by atoms with Crippen molar-refractivity contribution in [2.75, 3.05) is 13.2 Å². The van der Waals surface area contributed by atoms with Gasteiger partial charge in [-0.25, -0.2) is 0 Å². The molecule has 6 heteroatoms. The minimum atomic E-state index is -0.569. The van der Waals surface area contributed by atoms with Crippen LogP contribution in [-0.4, -0.2) is 42.0 Å². The largest absolute Gasteiger partial charge is 0.490 e. The summed E-state index contributed by atoms with van der Waals surface area (Å²) in [6.45, 7) is 13.2. The van der Waals surface area contributed by atoms with Crippen molar-refractivity contribution < 1.29 is 19.1 Å². The molecule has 0 bridgehead atoms. The van der Waals surface area contributed by atoms with Gasteiger partial charge < -0.3 is 19.7 Å². The Labute approximate surface area is 204 Å². The Kier molecular flexibility index (Phi) is 10.9. The number of hydrogen-bond acceptors (Lipinski definition) is 4. The van der Waals surface area contributed by atoms with Crippen LogP contribution >= 0.6 is 0 Å². The fraction of sp³-hybridized carbons (Fsp3) is 0.500. The summed E-state index contributed by atoms with van der Waals surface area (Å²) < 4.78 is 11.4. The van der Waals surface area contributed by atoms with E-state index in [9.17, 15) is 9.59 Å². The van der Waals surface area contributed by atoms with Gasteiger partial charge in [0, 0.05) is 19.0 Å². The van der Waals surface area contributed by atoms with Crippen molar-refractivity contribution in [2.45, 2.75) is 79.4 Å². The van der Waals surface area contributed by atoms with Crippen molar-refractivity contribution in [3.05, 3.63) is 59.2 Å². The van der Waals surface area contributed by atoms with Crippen LogP contribution in [-0.2, 0) is 22.6 Å². The number of carbonyl (C=O) groups excluding carboxylic acids is 2. The lowest BCUT2D eigenvalue weighted by Crippen LogP contribution is -2.49. The maximum atomic E-state index is 13.4. The molecule has 0 aliphatic carbocycles. The van der Waals surface area contributed by atoms with Gasteiger partial charge in [0.1, 0.15) is 6.04 Å². The normalized spacial score (nSPS) is 12.5. The van der Waals surface area contributed by atoms with Gasteiger partial charge in [0.25, 0.3) is 0 Å². The van der Waals surface area contributed by atoms with Crippen molar-refractivity contribution in [3.8, 4) is 11.5 Å². The maximum Gasteiger partial charge on any atom is 0.242 e. The minimum absolute atomic E-state index is 0.0538. The number of carbonyl (C=O) groups is 2. The second-order valence-electron chi connectivity index (χ2n) is 8.59. The second kappa shape index (κ2) is 13.6. The van der Waals surface area contributed by atoms with E-state index in [1.165, 1.54) is 0 Å². The number of nitrogens with zero attached hydrogens (tertiary/aromatic N) is 1. The highest BCUT2D eigenvalue weighted by Crippen LogP contribution is 2.29. The van der Waals surface area contributed by atoms with Crippen LogP contribution in [0.1, 0.15) is 64.2 Å².